The zero-order valence-corrected chi connectivity index (χ0v) is 16.2. The summed E-state index contributed by atoms with van der Waals surface area (Å²) in [5.41, 5.74) is -2.33. The third-order valence-electron chi connectivity index (χ3n) is 3.48. The molecular formula is C15H18EuF3NO6. The summed E-state index contributed by atoms with van der Waals surface area (Å²) < 4.78 is 42.3. The minimum absolute atomic E-state index is 0. The number of hydrogen-bond acceptors (Lipinski definition) is 5. The number of halogens is 3. The molecule has 1 aromatic carbocycles. The molecule has 2 rings (SSSR count). The third-order valence-corrected chi connectivity index (χ3v) is 3.48. The van der Waals surface area contributed by atoms with Gasteiger partial charge < -0.3 is 25.4 Å². The fourth-order valence-corrected chi connectivity index (χ4v) is 2.30. The van der Waals surface area contributed by atoms with Crippen LogP contribution >= 0.6 is 0 Å². The van der Waals surface area contributed by atoms with Gasteiger partial charge in [-0.2, -0.15) is 13.2 Å². The Bertz CT molecular complexity index is 817. The molecule has 0 saturated carbocycles. The van der Waals surface area contributed by atoms with E-state index in [1.807, 2.05) is 18.7 Å². The van der Waals surface area contributed by atoms with Crippen LogP contribution in [0.4, 0.5) is 18.9 Å². The van der Waals surface area contributed by atoms with E-state index in [1.54, 1.807) is 6.07 Å². The maximum Gasteiger partial charge on any atom is 0.455 e. The molecule has 0 aliphatic carbocycles. The summed E-state index contributed by atoms with van der Waals surface area (Å²) in [6.07, 6.45) is -5.28. The number of carbonyl (C=O) groups is 1. The SMILES string of the molecule is CCN(CC)c1ccc2c(O)c(C(=O)C(F)(F)F)c(=O)oc2c1.O.O.[Eu]. The van der Waals surface area contributed by atoms with Gasteiger partial charge in [0.2, 0.25) is 0 Å². The Morgan fingerprint density at radius 3 is 2.19 bits per heavy atom. The van der Waals surface area contributed by atoms with E-state index in [0.717, 1.165) is 0 Å². The molecule has 0 bridgehead atoms. The number of hydrogen-bond donors (Lipinski definition) is 1. The molecule has 147 valence electrons. The quantitative estimate of drug-likeness (QED) is 0.484. The van der Waals surface area contributed by atoms with Gasteiger partial charge in [0.25, 0.3) is 5.78 Å². The Hall–Kier alpha value is -1.01. The zero-order valence-electron chi connectivity index (χ0n) is 13.8. The van der Waals surface area contributed by atoms with Crippen molar-refractivity contribution in [3.8, 4) is 5.75 Å². The molecule has 26 heavy (non-hydrogen) atoms. The molecule has 11 heteroatoms. The Morgan fingerprint density at radius 1 is 1.19 bits per heavy atom. The van der Waals surface area contributed by atoms with Gasteiger partial charge in [-0.25, -0.2) is 4.79 Å². The average Bonchev–Trinajstić information content (AvgIpc) is 2.47. The Balaban J connectivity index is 0. The van der Waals surface area contributed by atoms with Crippen molar-refractivity contribution in [2.75, 3.05) is 18.0 Å². The van der Waals surface area contributed by atoms with Crippen molar-refractivity contribution in [2.24, 2.45) is 0 Å². The minimum atomic E-state index is -5.28. The normalized spacial score (nSPS) is 10.3. The van der Waals surface area contributed by atoms with E-state index in [-0.39, 0.29) is 71.3 Å². The number of aromatic hydroxyl groups is 1. The smallest absolute Gasteiger partial charge is 0.455 e. The van der Waals surface area contributed by atoms with E-state index in [4.69, 9.17) is 4.42 Å². The van der Waals surface area contributed by atoms with Crippen LogP contribution in [0.15, 0.2) is 27.4 Å². The van der Waals surface area contributed by atoms with Crippen LogP contribution in [-0.2, 0) is 0 Å². The van der Waals surface area contributed by atoms with Crippen LogP contribution in [0.3, 0.4) is 0 Å². The first-order chi connectivity index (χ1) is 10.7. The maximum atomic E-state index is 12.5. The molecule has 5 N–H and O–H groups in total. The minimum Gasteiger partial charge on any atom is -0.506 e. The van der Waals surface area contributed by atoms with Gasteiger partial charge in [0, 0.05) is 74.2 Å². The first kappa shape index (κ1) is 27.2. The average molecular weight is 517 g/mol. The molecule has 2 aromatic rings. The molecule has 0 aliphatic heterocycles. The largest absolute Gasteiger partial charge is 0.506 e. The first-order valence-corrected chi connectivity index (χ1v) is 6.87. The maximum absolute atomic E-state index is 12.5. The van der Waals surface area contributed by atoms with Gasteiger partial charge in [-0.1, -0.05) is 0 Å². The molecule has 1 radical (unpaired) electrons. The molecule has 0 unspecified atom stereocenters. The summed E-state index contributed by atoms with van der Waals surface area (Å²) in [7, 11) is 0. The van der Waals surface area contributed by atoms with Crippen molar-refractivity contribution < 1.29 is 87.8 Å². The summed E-state index contributed by atoms with van der Waals surface area (Å²) in [4.78, 5) is 24.9. The summed E-state index contributed by atoms with van der Waals surface area (Å²) in [6, 6.07) is 4.32. The van der Waals surface area contributed by atoms with Crippen molar-refractivity contribution in [2.45, 2.75) is 20.0 Å². The number of anilines is 1. The second kappa shape index (κ2) is 10.4. The van der Waals surface area contributed by atoms with E-state index in [0.29, 0.717) is 18.8 Å². The molecule has 0 aliphatic rings. The van der Waals surface area contributed by atoms with Crippen LogP contribution in [0.25, 0.3) is 11.0 Å². The van der Waals surface area contributed by atoms with Crippen molar-refractivity contribution >= 4 is 22.4 Å². The van der Waals surface area contributed by atoms with E-state index in [9.17, 15) is 27.9 Å². The molecule has 1 aromatic heterocycles. The van der Waals surface area contributed by atoms with E-state index < -0.39 is 28.9 Å². The summed E-state index contributed by atoms with van der Waals surface area (Å²) in [5, 5.41) is 9.78. The van der Waals surface area contributed by atoms with E-state index in [2.05, 4.69) is 0 Å². The Morgan fingerprint density at radius 2 is 1.73 bits per heavy atom. The van der Waals surface area contributed by atoms with Crippen LogP contribution in [0, 0.1) is 49.4 Å². The second-order valence-corrected chi connectivity index (χ2v) is 4.79. The molecule has 1 heterocycles. The number of fused-ring (bicyclic) bond motifs is 1. The number of rotatable bonds is 4. The molecule has 0 spiro atoms. The van der Waals surface area contributed by atoms with E-state index in [1.165, 1.54) is 12.1 Å². The van der Waals surface area contributed by atoms with Crippen molar-refractivity contribution in [1.82, 2.24) is 0 Å². The van der Waals surface area contributed by atoms with Crippen LogP contribution < -0.4 is 10.5 Å². The van der Waals surface area contributed by atoms with Gasteiger partial charge in [0.1, 0.15) is 11.3 Å². The predicted octanol–water partition coefficient (Wildman–Crippen LogP) is 1.44. The molecule has 0 fully saturated rings. The summed E-state index contributed by atoms with van der Waals surface area (Å²) >= 11 is 0. The molecule has 0 atom stereocenters. The predicted molar refractivity (Wildman–Crippen MR) is 85.3 cm³/mol. The monoisotopic (exact) mass is 518 g/mol. The number of carbonyl (C=O) groups excluding carboxylic acids is 1. The van der Waals surface area contributed by atoms with Crippen LogP contribution in [0.2, 0.25) is 0 Å². The summed E-state index contributed by atoms with van der Waals surface area (Å²) in [5.74, 6) is -3.46. The van der Waals surface area contributed by atoms with Gasteiger partial charge in [0.05, 0.1) is 5.39 Å². The zero-order chi connectivity index (χ0) is 17.4. The standard InChI is InChI=1S/C15H14F3NO4.Eu.2H2O/c1-3-19(4-2)8-5-6-9-10(7-8)23-14(22)11(12(9)20)13(21)15(16,17)18;;;/h5-7,20H,3-4H2,1-2H3;;2*1H2. The Kier molecular flexibility index (Phi) is 10.8. The van der Waals surface area contributed by atoms with Gasteiger partial charge in [-0.15, -0.1) is 0 Å². The molecule has 0 saturated heterocycles. The fourth-order valence-electron chi connectivity index (χ4n) is 2.30. The van der Waals surface area contributed by atoms with Gasteiger partial charge in [0.15, 0.2) is 5.56 Å². The van der Waals surface area contributed by atoms with Gasteiger partial charge in [-0.05, 0) is 26.0 Å². The Labute approximate surface area is 186 Å². The van der Waals surface area contributed by atoms with Gasteiger partial charge in [-0.3, -0.25) is 4.79 Å². The first-order valence-electron chi connectivity index (χ1n) is 6.87. The van der Waals surface area contributed by atoms with Crippen LogP contribution in [0.1, 0.15) is 24.2 Å². The van der Waals surface area contributed by atoms with E-state index >= 15 is 0 Å². The number of Topliss-reactive ketones (excluding diaryl/α,β-unsaturated/α-hetero) is 1. The number of ketones is 1. The number of nitrogens with zero attached hydrogens (tertiary/aromatic N) is 1. The number of alkyl halides is 3. The molecule has 0 amide bonds. The number of benzene rings is 1. The summed E-state index contributed by atoms with van der Waals surface area (Å²) in [6.45, 7) is 5.16. The fraction of sp³-hybridized carbons (Fsp3) is 0.333. The topological polar surface area (TPSA) is 134 Å². The van der Waals surface area contributed by atoms with Crippen molar-refractivity contribution in [3.05, 3.63) is 34.2 Å². The van der Waals surface area contributed by atoms with Crippen molar-refractivity contribution in [3.63, 3.8) is 0 Å². The third kappa shape index (κ3) is 5.26. The second-order valence-electron chi connectivity index (χ2n) is 4.79. The van der Waals surface area contributed by atoms with Crippen LogP contribution in [0.5, 0.6) is 5.75 Å². The molecular weight excluding hydrogens is 499 g/mol. The van der Waals surface area contributed by atoms with Crippen LogP contribution in [-0.4, -0.2) is 41.1 Å². The molecule has 7 nitrogen and oxygen atoms in total. The van der Waals surface area contributed by atoms with Gasteiger partial charge >= 0.3 is 11.8 Å². The van der Waals surface area contributed by atoms with Crippen molar-refractivity contribution in [1.29, 1.82) is 0 Å².